The fourth-order valence-electron chi connectivity index (χ4n) is 2.25. The summed E-state index contributed by atoms with van der Waals surface area (Å²) in [6, 6.07) is 1.47. The molecule has 0 radical (unpaired) electrons. The molecule has 1 aliphatic rings. The van der Waals surface area contributed by atoms with Crippen LogP contribution in [0.25, 0.3) is 0 Å². The van der Waals surface area contributed by atoms with Gasteiger partial charge in [0.15, 0.2) is 0 Å². The molecule has 1 saturated heterocycles. The van der Waals surface area contributed by atoms with E-state index in [1.165, 1.54) is 6.20 Å². The molecule has 1 aliphatic heterocycles. The van der Waals surface area contributed by atoms with Crippen molar-refractivity contribution in [3.8, 4) is 0 Å². The highest BCUT2D eigenvalue weighted by Crippen LogP contribution is 2.18. The summed E-state index contributed by atoms with van der Waals surface area (Å²) in [4.78, 5) is 4.08. The number of rotatable bonds is 4. The number of hydrogen-bond donors (Lipinski definition) is 2. The molecule has 2 unspecified atom stereocenters. The molecule has 20 heavy (non-hydrogen) atoms. The van der Waals surface area contributed by atoms with Crippen molar-refractivity contribution in [3.05, 3.63) is 22.9 Å². The number of nitrogens with one attached hydrogen (secondary N) is 2. The van der Waals surface area contributed by atoms with Crippen molar-refractivity contribution >= 4 is 38.4 Å². The van der Waals surface area contributed by atoms with Gasteiger partial charge in [0.25, 0.3) is 0 Å². The average molecular weight is 385 g/mol. The molecule has 114 valence electrons. The topological polar surface area (TPSA) is 71.1 Å². The van der Waals surface area contributed by atoms with E-state index in [1.54, 1.807) is 12.3 Å². The van der Waals surface area contributed by atoms with E-state index in [2.05, 4.69) is 31.0 Å². The van der Waals surface area contributed by atoms with Crippen molar-refractivity contribution in [2.24, 2.45) is 5.92 Å². The van der Waals surface area contributed by atoms with Gasteiger partial charge in [-0.25, -0.2) is 13.1 Å². The molecule has 0 aromatic carbocycles. The molecule has 1 aromatic heterocycles. The Bertz CT molecular complexity index is 535. The largest absolute Gasteiger partial charge is 0.316 e. The SMILES string of the molecule is CC(NS(=O)(=O)c1cncc(Br)c1)C1CCCNC1.Cl. The van der Waals surface area contributed by atoms with Gasteiger partial charge in [0.1, 0.15) is 4.90 Å². The van der Waals surface area contributed by atoms with Gasteiger partial charge in [0, 0.05) is 22.9 Å². The maximum absolute atomic E-state index is 12.2. The van der Waals surface area contributed by atoms with Crippen LogP contribution in [-0.4, -0.2) is 32.5 Å². The van der Waals surface area contributed by atoms with Gasteiger partial charge in [-0.2, -0.15) is 0 Å². The minimum Gasteiger partial charge on any atom is -0.316 e. The van der Waals surface area contributed by atoms with Crippen LogP contribution < -0.4 is 10.0 Å². The zero-order chi connectivity index (χ0) is 13.9. The van der Waals surface area contributed by atoms with Crippen molar-refractivity contribution in [2.45, 2.75) is 30.7 Å². The Morgan fingerprint density at radius 1 is 1.50 bits per heavy atom. The molecular weight excluding hydrogens is 366 g/mol. The highest BCUT2D eigenvalue weighted by atomic mass is 79.9. The third-order valence-electron chi connectivity index (χ3n) is 3.37. The quantitative estimate of drug-likeness (QED) is 0.832. The van der Waals surface area contributed by atoms with Crippen molar-refractivity contribution < 1.29 is 8.42 Å². The van der Waals surface area contributed by atoms with Crippen molar-refractivity contribution in [2.75, 3.05) is 13.1 Å². The van der Waals surface area contributed by atoms with E-state index >= 15 is 0 Å². The number of piperidine rings is 1. The predicted molar refractivity (Wildman–Crippen MR) is 84.6 cm³/mol. The van der Waals surface area contributed by atoms with Gasteiger partial charge in [-0.15, -0.1) is 12.4 Å². The fourth-order valence-corrected chi connectivity index (χ4v) is 4.07. The van der Waals surface area contributed by atoms with E-state index in [0.717, 1.165) is 25.9 Å². The second kappa shape index (κ2) is 7.70. The number of aromatic nitrogens is 1. The summed E-state index contributed by atoms with van der Waals surface area (Å²) in [7, 11) is -3.50. The van der Waals surface area contributed by atoms with E-state index < -0.39 is 10.0 Å². The van der Waals surface area contributed by atoms with Crippen molar-refractivity contribution in [1.82, 2.24) is 15.0 Å². The summed E-state index contributed by atoms with van der Waals surface area (Å²) in [5, 5.41) is 3.30. The van der Waals surface area contributed by atoms with Gasteiger partial charge in [0.2, 0.25) is 10.0 Å². The summed E-state index contributed by atoms with van der Waals surface area (Å²) >= 11 is 3.23. The lowest BCUT2D eigenvalue weighted by atomic mass is 9.94. The molecule has 2 heterocycles. The van der Waals surface area contributed by atoms with Gasteiger partial charge in [-0.1, -0.05) is 0 Å². The van der Waals surface area contributed by atoms with Crippen molar-refractivity contribution in [3.63, 3.8) is 0 Å². The summed E-state index contributed by atoms with van der Waals surface area (Å²) in [5.41, 5.74) is 0. The maximum Gasteiger partial charge on any atom is 0.242 e. The first-order valence-electron chi connectivity index (χ1n) is 6.32. The Morgan fingerprint density at radius 3 is 2.85 bits per heavy atom. The first-order valence-corrected chi connectivity index (χ1v) is 8.60. The van der Waals surface area contributed by atoms with Crippen LogP contribution in [0.5, 0.6) is 0 Å². The van der Waals surface area contributed by atoms with Crippen LogP contribution in [0.1, 0.15) is 19.8 Å². The molecule has 0 saturated carbocycles. The highest BCUT2D eigenvalue weighted by molar-refractivity contribution is 9.10. The molecule has 8 heteroatoms. The summed E-state index contributed by atoms with van der Waals surface area (Å²) < 4.78 is 27.9. The smallest absolute Gasteiger partial charge is 0.242 e. The molecule has 0 amide bonds. The molecule has 5 nitrogen and oxygen atoms in total. The van der Waals surface area contributed by atoms with Gasteiger partial charge < -0.3 is 5.32 Å². The van der Waals surface area contributed by atoms with Crippen LogP contribution in [0.2, 0.25) is 0 Å². The van der Waals surface area contributed by atoms with Crippen LogP contribution in [-0.2, 0) is 10.0 Å². The second-order valence-corrected chi connectivity index (χ2v) is 7.48. The molecule has 1 aromatic rings. The number of nitrogens with zero attached hydrogens (tertiary/aromatic N) is 1. The third kappa shape index (κ3) is 4.66. The van der Waals surface area contributed by atoms with E-state index in [9.17, 15) is 8.42 Å². The fraction of sp³-hybridized carbons (Fsp3) is 0.583. The minimum absolute atomic E-state index is 0. The monoisotopic (exact) mass is 383 g/mol. The second-order valence-electron chi connectivity index (χ2n) is 4.86. The minimum atomic E-state index is -3.50. The first kappa shape index (κ1) is 17.8. The average Bonchev–Trinajstić information content (AvgIpc) is 2.39. The third-order valence-corrected chi connectivity index (χ3v) is 5.33. The van der Waals surface area contributed by atoms with Crippen LogP contribution >= 0.6 is 28.3 Å². The lowest BCUT2D eigenvalue weighted by Crippen LogP contribution is -2.44. The van der Waals surface area contributed by atoms with Crippen LogP contribution in [0.3, 0.4) is 0 Å². The van der Waals surface area contributed by atoms with Gasteiger partial charge in [-0.05, 0) is 60.8 Å². The lowest BCUT2D eigenvalue weighted by molar-refractivity contribution is 0.320. The maximum atomic E-state index is 12.2. The van der Waals surface area contributed by atoms with Gasteiger partial charge in [0.05, 0.1) is 0 Å². The molecule has 2 atom stereocenters. The standard InChI is InChI=1S/C12H18BrN3O2S.ClH/c1-9(10-3-2-4-14-6-10)16-19(17,18)12-5-11(13)7-15-8-12;/h5,7-10,14,16H,2-4,6H2,1H3;1H. The van der Waals surface area contributed by atoms with E-state index in [-0.39, 0.29) is 23.3 Å². The van der Waals surface area contributed by atoms with Crippen molar-refractivity contribution in [1.29, 1.82) is 0 Å². The molecule has 0 bridgehead atoms. The predicted octanol–water partition coefficient (Wildman–Crippen LogP) is 1.93. The molecular formula is C12H19BrClN3O2S. The Kier molecular flexibility index (Phi) is 6.87. The summed E-state index contributed by atoms with van der Waals surface area (Å²) in [5.74, 6) is 0.337. The Morgan fingerprint density at radius 2 is 2.25 bits per heavy atom. The number of sulfonamides is 1. The highest BCUT2D eigenvalue weighted by Gasteiger charge is 2.25. The summed E-state index contributed by atoms with van der Waals surface area (Å²) in [6.07, 6.45) is 5.06. The van der Waals surface area contributed by atoms with E-state index in [4.69, 9.17) is 0 Å². The zero-order valence-corrected chi connectivity index (χ0v) is 14.4. The lowest BCUT2D eigenvalue weighted by Gasteiger charge is -2.28. The summed E-state index contributed by atoms with van der Waals surface area (Å²) in [6.45, 7) is 3.80. The molecule has 0 aliphatic carbocycles. The van der Waals surface area contributed by atoms with Gasteiger partial charge in [-0.3, -0.25) is 4.98 Å². The van der Waals surface area contributed by atoms with Crippen LogP contribution in [0.15, 0.2) is 27.8 Å². The van der Waals surface area contributed by atoms with Crippen LogP contribution in [0, 0.1) is 5.92 Å². The Balaban J connectivity index is 0.00000200. The first-order chi connectivity index (χ1) is 8.99. The van der Waals surface area contributed by atoms with E-state index in [0.29, 0.717) is 10.4 Å². The number of hydrogen-bond acceptors (Lipinski definition) is 4. The molecule has 2 N–H and O–H groups in total. The number of pyridine rings is 1. The Labute approximate surface area is 134 Å². The zero-order valence-electron chi connectivity index (χ0n) is 11.2. The van der Waals surface area contributed by atoms with Crippen LogP contribution in [0.4, 0.5) is 0 Å². The molecule has 0 spiro atoms. The normalized spacial score (nSPS) is 21.0. The van der Waals surface area contributed by atoms with E-state index in [1.807, 2.05) is 6.92 Å². The Hall–Kier alpha value is -0.210. The molecule has 1 fully saturated rings. The molecule has 2 rings (SSSR count). The number of halogens is 2. The van der Waals surface area contributed by atoms with Gasteiger partial charge >= 0.3 is 0 Å².